The molecule has 0 amide bonds. The first-order valence-electron chi connectivity index (χ1n) is 9.23. The molecule has 8 nitrogen and oxygen atoms in total. The first kappa shape index (κ1) is 21.7. The molecule has 2 aromatic heterocycles. The molecule has 0 saturated carbocycles. The van der Waals surface area contributed by atoms with Crippen molar-refractivity contribution >= 4 is 18.4 Å². The number of nitrogens with one attached hydrogen (secondary N) is 1. The molecule has 1 aromatic carbocycles. The molecule has 158 valence electrons. The van der Waals surface area contributed by atoms with Gasteiger partial charge < -0.3 is 15.0 Å². The van der Waals surface area contributed by atoms with Gasteiger partial charge in [0.1, 0.15) is 17.9 Å². The van der Waals surface area contributed by atoms with E-state index in [4.69, 9.17) is 9.72 Å². The zero-order valence-corrected chi connectivity index (χ0v) is 17.4. The molecule has 1 saturated heterocycles. The van der Waals surface area contributed by atoms with Crippen molar-refractivity contribution in [1.82, 2.24) is 24.8 Å². The zero-order chi connectivity index (χ0) is 20.4. The van der Waals surface area contributed by atoms with Gasteiger partial charge in [-0.3, -0.25) is 9.36 Å². The van der Waals surface area contributed by atoms with Crippen LogP contribution in [0.15, 0.2) is 47.7 Å². The lowest BCUT2D eigenvalue weighted by Crippen LogP contribution is -2.47. The third kappa shape index (κ3) is 4.27. The van der Waals surface area contributed by atoms with E-state index in [1.165, 1.54) is 36.2 Å². The van der Waals surface area contributed by atoms with Crippen molar-refractivity contribution in [3.63, 3.8) is 0 Å². The second-order valence-corrected chi connectivity index (χ2v) is 6.77. The third-order valence-corrected chi connectivity index (χ3v) is 4.98. The van der Waals surface area contributed by atoms with Gasteiger partial charge in [0.2, 0.25) is 5.95 Å². The van der Waals surface area contributed by atoms with Gasteiger partial charge >= 0.3 is 0 Å². The number of anilines is 1. The van der Waals surface area contributed by atoms with Gasteiger partial charge in [-0.2, -0.15) is 0 Å². The first-order chi connectivity index (χ1) is 14.1. The summed E-state index contributed by atoms with van der Waals surface area (Å²) in [6.45, 7) is 1.90. The molecule has 3 heterocycles. The SMILES string of the molecule is COc1cc(F)ccc1C1CN(c2nc(-c3ccncn3)cc(=O)n2C)CCN1.Cl. The summed E-state index contributed by atoms with van der Waals surface area (Å²) >= 11 is 0. The van der Waals surface area contributed by atoms with Gasteiger partial charge in [-0.25, -0.2) is 19.3 Å². The molecule has 10 heteroatoms. The van der Waals surface area contributed by atoms with E-state index in [1.807, 2.05) is 4.90 Å². The van der Waals surface area contributed by atoms with E-state index in [0.29, 0.717) is 42.7 Å². The van der Waals surface area contributed by atoms with E-state index in [2.05, 4.69) is 15.3 Å². The van der Waals surface area contributed by atoms with Gasteiger partial charge in [0.25, 0.3) is 5.56 Å². The summed E-state index contributed by atoms with van der Waals surface area (Å²) < 4.78 is 20.5. The quantitative estimate of drug-likeness (QED) is 0.674. The molecule has 0 aliphatic carbocycles. The third-order valence-electron chi connectivity index (χ3n) is 4.98. The maximum absolute atomic E-state index is 13.6. The highest BCUT2D eigenvalue weighted by Crippen LogP contribution is 2.29. The van der Waals surface area contributed by atoms with E-state index >= 15 is 0 Å². The van der Waals surface area contributed by atoms with Crippen LogP contribution in [0.3, 0.4) is 0 Å². The fourth-order valence-corrected chi connectivity index (χ4v) is 3.50. The lowest BCUT2D eigenvalue weighted by Gasteiger charge is -2.35. The standard InChI is InChI=1S/C20H21FN6O2.ClH/c1-26-19(28)10-16(15-5-6-22-12-24-15)25-20(26)27-8-7-23-17(11-27)14-4-3-13(21)9-18(14)29-2;/h3-6,9-10,12,17,23H,7-8,11H2,1-2H3;1H. The predicted octanol–water partition coefficient (Wildman–Crippen LogP) is 1.96. The number of methoxy groups -OCH3 is 1. The van der Waals surface area contributed by atoms with Crippen molar-refractivity contribution in [2.45, 2.75) is 6.04 Å². The van der Waals surface area contributed by atoms with Crippen LogP contribution in [-0.4, -0.2) is 46.3 Å². The summed E-state index contributed by atoms with van der Waals surface area (Å²) in [7, 11) is 3.22. The van der Waals surface area contributed by atoms with Crippen LogP contribution in [0.1, 0.15) is 11.6 Å². The summed E-state index contributed by atoms with van der Waals surface area (Å²) in [5.74, 6) is 0.694. The summed E-state index contributed by atoms with van der Waals surface area (Å²) in [5.41, 5.74) is 1.78. The number of hydrogen-bond donors (Lipinski definition) is 1. The van der Waals surface area contributed by atoms with Crippen molar-refractivity contribution in [2.75, 3.05) is 31.6 Å². The summed E-state index contributed by atoms with van der Waals surface area (Å²) in [6, 6.07) is 7.60. The molecule has 0 bridgehead atoms. The van der Waals surface area contributed by atoms with Crippen molar-refractivity contribution in [3.05, 3.63) is 64.6 Å². The van der Waals surface area contributed by atoms with Crippen LogP contribution < -0.4 is 20.5 Å². The molecule has 1 N–H and O–H groups in total. The molecule has 4 rings (SSSR count). The molecule has 1 fully saturated rings. The van der Waals surface area contributed by atoms with Gasteiger partial charge in [0, 0.05) is 50.6 Å². The highest BCUT2D eigenvalue weighted by Gasteiger charge is 2.26. The minimum absolute atomic E-state index is 0. The highest BCUT2D eigenvalue weighted by molar-refractivity contribution is 5.85. The normalized spacial score (nSPS) is 16.1. The van der Waals surface area contributed by atoms with E-state index < -0.39 is 0 Å². The number of nitrogens with zero attached hydrogens (tertiary/aromatic N) is 5. The average molecular weight is 433 g/mol. The Hall–Kier alpha value is -3.04. The summed E-state index contributed by atoms with van der Waals surface area (Å²) in [6.07, 6.45) is 3.04. The molecule has 1 aliphatic heterocycles. The van der Waals surface area contributed by atoms with Crippen LogP contribution in [0.4, 0.5) is 10.3 Å². The maximum atomic E-state index is 13.6. The van der Waals surface area contributed by atoms with Crippen LogP contribution in [0, 0.1) is 5.82 Å². The second kappa shape index (κ2) is 9.19. The molecule has 30 heavy (non-hydrogen) atoms. The Kier molecular flexibility index (Phi) is 6.63. The predicted molar refractivity (Wildman–Crippen MR) is 114 cm³/mol. The van der Waals surface area contributed by atoms with Crippen LogP contribution in [-0.2, 0) is 7.05 Å². The fraction of sp³-hybridized carbons (Fsp3) is 0.300. The second-order valence-electron chi connectivity index (χ2n) is 6.77. The van der Waals surface area contributed by atoms with Crippen LogP contribution >= 0.6 is 12.4 Å². The molecular formula is C20H22ClFN6O2. The largest absolute Gasteiger partial charge is 0.496 e. The van der Waals surface area contributed by atoms with Crippen molar-refractivity contribution in [1.29, 1.82) is 0 Å². The fourth-order valence-electron chi connectivity index (χ4n) is 3.50. The lowest BCUT2D eigenvalue weighted by molar-refractivity contribution is 0.387. The van der Waals surface area contributed by atoms with Gasteiger partial charge in [-0.1, -0.05) is 6.07 Å². The van der Waals surface area contributed by atoms with E-state index in [-0.39, 0.29) is 29.8 Å². The lowest BCUT2D eigenvalue weighted by atomic mass is 10.0. The van der Waals surface area contributed by atoms with E-state index in [1.54, 1.807) is 25.4 Å². The van der Waals surface area contributed by atoms with Crippen LogP contribution in [0.2, 0.25) is 0 Å². The number of piperazine rings is 1. The maximum Gasteiger partial charge on any atom is 0.255 e. The Morgan fingerprint density at radius 2 is 2.07 bits per heavy atom. The van der Waals surface area contributed by atoms with Crippen molar-refractivity contribution in [2.24, 2.45) is 7.05 Å². The number of halogens is 2. The van der Waals surface area contributed by atoms with E-state index in [9.17, 15) is 9.18 Å². The number of aromatic nitrogens is 4. The minimum atomic E-state index is -0.347. The molecule has 1 unspecified atom stereocenters. The Balaban J connectivity index is 0.00000256. The number of ether oxygens (including phenoxy) is 1. The molecule has 3 aromatic rings. The minimum Gasteiger partial charge on any atom is -0.496 e. The van der Waals surface area contributed by atoms with Crippen molar-refractivity contribution < 1.29 is 9.13 Å². The Morgan fingerprint density at radius 3 is 2.80 bits per heavy atom. The molecule has 1 aliphatic rings. The van der Waals surface area contributed by atoms with Crippen LogP contribution in [0.5, 0.6) is 5.75 Å². The van der Waals surface area contributed by atoms with Gasteiger partial charge in [-0.15, -0.1) is 12.4 Å². The highest BCUT2D eigenvalue weighted by atomic mass is 35.5. The Bertz CT molecular complexity index is 1080. The zero-order valence-electron chi connectivity index (χ0n) is 16.6. The van der Waals surface area contributed by atoms with Gasteiger partial charge in [0.05, 0.1) is 24.5 Å². The smallest absolute Gasteiger partial charge is 0.255 e. The average Bonchev–Trinajstić information content (AvgIpc) is 2.76. The molecule has 0 radical (unpaired) electrons. The molecule has 1 atom stereocenters. The number of hydrogen-bond acceptors (Lipinski definition) is 7. The van der Waals surface area contributed by atoms with Gasteiger partial charge in [-0.05, 0) is 12.1 Å². The van der Waals surface area contributed by atoms with Crippen molar-refractivity contribution in [3.8, 4) is 17.1 Å². The topological polar surface area (TPSA) is 85.2 Å². The van der Waals surface area contributed by atoms with E-state index in [0.717, 1.165) is 5.56 Å². The Labute approximate surface area is 179 Å². The number of benzene rings is 1. The summed E-state index contributed by atoms with van der Waals surface area (Å²) in [4.78, 5) is 27.4. The Morgan fingerprint density at radius 1 is 1.23 bits per heavy atom. The number of rotatable bonds is 4. The molecular weight excluding hydrogens is 411 g/mol. The summed E-state index contributed by atoms with van der Waals surface area (Å²) in [5, 5.41) is 3.43. The van der Waals surface area contributed by atoms with Crippen LogP contribution in [0.25, 0.3) is 11.4 Å². The first-order valence-corrected chi connectivity index (χ1v) is 9.23. The molecule has 0 spiro atoms. The van der Waals surface area contributed by atoms with Gasteiger partial charge in [0.15, 0.2) is 0 Å². The monoisotopic (exact) mass is 432 g/mol.